The van der Waals surface area contributed by atoms with E-state index in [1.54, 1.807) is 12.1 Å². The zero-order valence-electron chi connectivity index (χ0n) is 15.6. The SMILES string of the molecule is [CH2]c1cc(N)cc(OCCCCNc2cc(-c3nc(Cl)ncc3F)ccc2F)c1. The van der Waals surface area contributed by atoms with E-state index in [1.807, 2.05) is 6.07 Å². The zero-order valence-corrected chi connectivity index (χ0v) is 16.3. The van der Waals surface area contributed by atoms with Gasteiger partial charge in [-0.3, -0.25) is 0 Å². The van der Waals surface area contributed by atoms with Crippen LogP contribution in [0.1, 0.15) is 18.4 Å². The van der Waals surface area contributed by atoms with E-state index >= 15 is 0 Å². The van der Waals surface area contributed by atoms with E-state index in [9.17, 15) is 8.78 Å². The number of benzene rings is 2. The highest BCUT2D eigenvalue weighted by Gasteiger charge is 2.11. The summed E-state index contributed by atoms with van der Waals surface area (Å²) in [5, 5.41) is 2.94. The third kappa shape index (κ3) is 5.77. The van der Waals surface area contributed by atoms with Crippen LogP contribution in [0.15, 0.2) is 42.6 Å². The van der Waals surface area contributed by atoms with Crippen LogP contribution in [0, 0.1) is 18.6 Å². The molecule has 0 aliphatic carbocycles. The summed E-state index contributed by atoms with van der Waals surface area (Å²) in [6.45, 7) is 4.86. The minimum Gasteiger partial charge on any atom is -0.494 e. The molecule has 0 aliphatic heterocycles. The number of anilines is 2. The summed E-state index contributed by atoms with van der Waals surface area (Å²) in [5.41, 5.74) is 7.84. The lowest BCUT2D eigenvalue weighted by Gasteiger charge is -2.11. The predicted molar refractivity (Wildman–Crippen MR) is 111 cm³/mol. The van der Waals surface area contributed by atoms with Crippen molar-refractivity contribution >= 4 is 23.0 Å². The van der Waals surface area contributed by atoms with Crippen LogP contribution in [-0.2, 0) is 0 Å². The minimum atomic E-state index is -0.629. The molecule has 0 spiro atoms. The number of hydrogen-bond donors (Lipinski definition) is 2. The second-order valence-corrected chi connectivity index (χ2v) is 6.76. The smallest absolute Gasteiger partial charge is 0.223 e. The normalized spacial score (nSPS) is 10.8. The molecule has 0 atom stereocenters. The predicted octanol–water partition coefficient (Wildman–Crippen LogP) is 5.11. The molecular formula is C21H20ClF2N4O. The molecule has 0 saturated carbocycles. The lowest BCUT2D eigenvalue weighted by Crippen LogP contribution is -2.06. The van der Waals surface area contributed by atoms with Crippen molar-refractivity contribution in [3.63, 3.8) is 0 Å². The first-order valence-corrected chi connectivity index (χ1v) is 9.37. The summed E-state index contributed by atoms with van der Waals surface area (Å²) in [5.74, 6) is -0.392. The van der Waals surface area contributed by atoms with Crippen LogP contribution in [0.3, 0.4) is 0 Å². The number of nitrogens with two attached hydrogens (primary N) is 1. The Bertz CT molecular complexity index is 980. The van der Waals surface area contributed by atoms with Crippen molar-refractivity contribution in [2.75, 3.05) is 24.2 Å². The van der Waals surface area contributed by atoms with Crippen LogP contribution in [-0.4, -0.2) is 23.1 Å². The topological polar surface area (TPSA) is 73.1 Å². The highest BCUT2D eigenvalue weighted by molar-refractivity contribution is 6.28. The van der Waals surface area contributed by atoms with Gasteiger partial charge in [0.1, 0.15) is 17.3 Å². The van der Waals surface area contributed by atoms with Crippen molar-refractivity contribution in [2.24, 2.45) is 0 Å². The van der Waals surface area contributed by atoms with E-state index in [4.69, 9.17) is 22.1 Å². The standard InChI is InChI=1S/C21H20ClF2N4O/c1-13-8-15(25)11-16(9-13)29-7-3-2-6-26-19-10-14(4-5-17(19)23)20-18(24)12-27-21(22)28-20/h4-5,8-12,26H,1-3,6-7,25H2. The van der Waals surface area contributed by atoms with Crippen molar-refractivity contribution in [3.05, 3.63) is 72.0 Å². The van der Waals surface area contributed by atoms with E-state index in [2.05, 4.69) is 22.2 Å². The van der Waals surface area contributed by atoms with Gasteiger partial charge in [-0.1, -0.05) is 0 Å². The fourth-order valence-corrected chi connectivity index (χ4v) is 2.90. The first kappa shape index (κ1) is 20.8. The summed E-state index contributed by atoms with van der Waals surface area (Å²) < 4.78 is 33.7. The molecule has 3 rings (SSSR count). The molecule has 0 amide bonds. The molecule has 8 heteroatoms. The highest BCUT2D eigenvalue weighted by atomic mass is 35.5. The number of halogens is 3. The maximum atomic E-state index is 14.1. The Hall–Kier alpha value is -2.93. The molecule has 3 N–H and O–H groups in total. The van der Waals surface area contributed by atoms with E-state index in [-0.39, 0.29) is 16.7 Å². The van der Waals surface area contributed by atoms with Gasteiger partial charge in [0.2, 0.25) is 5.28 Å². The minimum absolute atomic E-state index is 0.0216. The van der Waals surface area contributed by atoms with Gasteiger partial charge in [0.15, 0.2) is 5.82 Å². The van der Waals surface area contributed by atoms with E-state index < -0.39 is 11.6 Å². The van der Waals surface area contributed by atoms with Gasteiger partial charge in [0, 0.05) is 23.9 Å². The number of nitrogens with zero attached hydrogens (tertiary/aromatic N) is 2. The zero-order chi connectivity index (χ0) is 20.8. The third-order valence-corrected chi connectivity index (χ3v) is 4.28. The number of nitrogen functional groups attached to an aromatic ring is 1. The molecule has 5 nitrogen and oxygen atoms in total. The molecule has 0 fully saturated rings. The van der Waals surface area contributed by atoms with Crippen LogP contribution in [0.4, 0.5) is 20.2 Å². The van der Waals surface area contributed by atoms with Gasteiger partial charge < -0.3 is 15.8 Å². The van der Waals surface area contributed by atoms with Gasteiger partial charge in [-0.15, -0.1) is 0 Å². The van der Waals surface area contributed by atoms with Gasteiger partial charge in [0.25, 0.3) is 0 Å². The largest absolute Gasteiger partial charge is 0.494 e. The van der Waals surface area contributed by atoms with Crippen LogP contribution >= 0.6 is 11.6 Å². The molecular weight excluding hydrogens is 398 g/mol. The number of nitrogens with one attached hydrogen (secondary N) is 1. The Labute approximate surface area is 172 Å². The molecule has 1 heterocycles. The number of unbranched alkanes of at least 4 members (excludes halogenated alkanes) is 1. The number of rotatable bonds is 8. The number of aromatic nitrogens is 2. The van der Waals surface area contributed by atoms with Crippen LogP contribution in [0.25, 0.3) is 11.3 Å². The summed E-state index contributed by atoms with van der Waals surface area (Å²) in [4.78, 5) is 7.46. The van der Waals surface area contributed by atoms with Crippen LogP contribution < -0.4 is 15.8 Å². The van der Waals surface area contributed by atoms with Crippen molar-refractivity contribution in [2.45, 2.75) is 12.8 Å². The lowest BCUT2D eigenvalue weighted by molar-refractivity contribution is 0.308. The molecule has 2 aromatic carbocycles. The van der Waals surface area contributed by atoms with E-state index in [0.717, 1.165) is 24.6 Å². The Morgan fingerprint density at radius 3 is 2.72 bits per heavy atom. The number of hydrogen-bond acceptors (Lipinski definition) is 5. The Morgan fingerprint density at radius 2 is 1.93 bits per heavy atom. The molecule has 151 valence electrons. The first-order chi connectivity index (χ1) is 13.9. The summed E-state index contributed by atoms with van der Waals surface area (Å²) in [6.07, 6.45) is 2.49. The third-order valence-electron chi connectivity index (χ3n) is 4.10. The molecule has 1 radical (unpaired) electrons. The molecule has 0 saturated heterocycles. The summed E-state index contributed by atoms with van der Waals surface area (Å²) in [7, 11) is 0. The van der Waals surface area contributed by atoms with Gasteiger partial charge in [-0.05, 0) is 67.3 Å². The average Bonchev–Trinajstić information content (AvgIpc) is 2.67. The summed E-state index contributed by atoms with van der Waals surface area (Å²) in [6, 6.07) is 9.52. The highest BCUT2D eigenvalue weighted by Crippen LogP contribution is 2.26. The molecule has 3 aromatic rings. The van der Waals surface area contributed by atoms with Gasteiger partial charge in [0.05, 0.1) is 18.5 Å². The van der Waals surface area contributed by atoms with Crippen LogP contribution in [0.5, 0.6) is 5.75 Å². The second kappa shape index (κ2) is 9.52. The van der Waals surface area contributed by atoms with Crippen molar-refractivity contribution in [3.8, 4) is 17.0 Å². The molecule has 1 aromatic heterocycles. The van der Waals surface area contributed by atoms with E-state index in [0.29, 0.717) is 30.2 Å². The monoisotopic (exact) mass is 417 g/mol. The van der Waals surface area contributed by atoms with Crippen molar-refractivity contribution in [1.82, 2.24) is 9.97 Å². The molecule has 0 unspecified atom stereocenters. The van der Waals surface area contributed by atoms with Gasteiger partial charge in [-0.25, -0.2) is 18.7 Å². The maximum Gasteiger partial charge on any atom is 0.223 e. The van der Waals surface area contributed by atoms with Crippen LogP contribution in [0.2, 0.25) is 5.28 Å². The Morgan fingerprint density at radius 1 is 1.10 bits per heavy atom. The molecule has 29 heavy (non-hydrogen) atoms. The molecule has 0 bridgehead atoms. The van der Waals surface area contributed by atoms with E-state index in [1.165, 1.54) is 18.2 Å². The van der Waals surface area contributed by atoms with Gasteiger partial charge >= 0.3 is 0 Å². The second-order valence-electron chi connectivity index (χ2n) is 6.42. The number of ether oxygens (including phenoxy) is 1. The summed E-state index contributed by atoms with van der Waals surface area (Å²) >= 11 is 5.73. The Balaban J connectivity index is 1.52. The fraction of sp³-hybridized carbons (Fsp3) is 0.190. The first-order valence-electron chi connectivity index (χ1n) is 8.99. The van der Waals surface area contributed by atoms with Crippen molar-refractivity contribution < 1.29 is 13.5 Å². The lowest BCUT2D eigenvalue weighted by atomic mass is 10.1. The fourth-order valence-electron chi connectivity index (χ4n) is 2.77. The maximum absolute atomic E-state index is 14.1. The quantitative estimate of drug-likeness (QED) is 0.302. The van der Waals surface area contributed by atoms with Gasteiger partial charge in [-0.2, -0.15) is 0 Å². The Kier molecular flexibility index (Phi) is 6.82. The molecule has 0 aliphatic rings. The van der Waals surface area contributed by atoms with Crippen molar-refractivity contribution in [1.29, 1.82) is 0 Å². The average molecular weight is 418 g/mol.